The van der Waals surface area contributed by atoms with Crippen molar-refractivity contribution >= 4 is 13.8 Å². The number of allylic oxidation sites excluding steroid dienone is 16. The van der Waals surface area contributed by atoms with Crippen molar-refractivity contribution in [3.8, 4) is 0 Å². The lowest BCUT2D eigenvalue weighted by Crippen LogP contribution is -2.28. The molecule has 0 fully saturated rings. The number of hydrogen-bond donors (Lipinski definition) is 2. The van der Waals surface area contributed by atoms with Crippen LogP contribution in [0.3, 0.4) is 0 Å². The maximum atomic E-state index is 12.5. The highest BCUT2D eigenvalue weighted by Crippen LogP contribution is 2.43. The molecule has 284 valence electrons. The minimum absolute atomic E-state index is 0.0679. The monoisotopic (exact) mass is 717 g/mol. The zero-order valence-electron chi connectivity index (χ0n) is 31.1. The molecule has 0 heterocycles. The summed E-state index contributed by atoms with van der Waals surface area (Å²) < 4.78 is 33.2. The maximum Gasteiger partial charge on any atom is 0.472 e. The van der Waals surface area contributed by atoms with Crippen LogP contribution >= 0.6 is 7.82 Å². The van der Waals surface area contributed by atoms with Crippen molar-refractivity contribution in [2.24, 2.45) is 5.73 Å². The summed E-state index contributed by atoms with van der Waals surface area (Å²) in [5.41, 5.74) is 5.34. The molecule has 0 aliphatic rings. The number of hydrogen-bond acceptors (Lipinski definition) is 7. The smallest absolute Gasteiger partial charge is 0.457 e. The highest BCUT2D eigenvalue weighted by Gasteiger charge is 2.25. The van der Waals surface area contributed by atoms with Crippen LogP contribution in [-0.4, -0.2) is 49.9 Å². The van der Waals surface area contributed by atoms with Crippen molar-refractivity contribution in [3.63, 3.8) is 0 Å². The van der Waals surface area contributed by atoms with E-state index in [1.165, 1.54) is 0 Å². The van der Waals surface area contributed by atoms with Crippen molar-refractivity contribution in [3.05, 3.63) is 97.2 Å². The maximum absolute atomic E-state index is 12.5. The Labute approximate surface area is 304 Å². The van der Waals surface area contributed by atoms with Gasteiger partial charge >= 0.3 is 13.8 Å². The normalized spacial score (nSPS) is 14.7. The molecular formula is C41H68NO7P. The predicted octanol–water partition coefficient (Wildman–Crippen LogP) is 10.7. The van der Waals surface area contributed by atoms with E-state index in [-0.39, 0.29) is 38.8 Å². The number of carbonyl (C=O) groups is 1. The van der Waals surface area contributed by atoms with Crippen molar-refractivity contribution in [1.29, 1.82) is 0 Å². The second-order valence-electron chi connectivity index (χ2n) is 11.7. The van der Waals surface area contributed by atoms with Gasteiger partial charge in [0.05, 0.1) is 19.8 Å². The highest BCUT2D eigenvalue weighted by molar-refractivity contribution is 7.47. The minimum atomic E-state index is -4.30. The Balaban J connectivity index is 4.26. The zero-order chi connectivity index (χ0) is 36.6. The van der Waals surface area contributed by atoms with Gasteiger partial charge in [-0.15, -0.1) is 0 Å². The Morgan fingerprint density at radius 3 is 1.54 bits per heavy atom. The Morgan fingerprint density at radius 1 is 0.600 bits per heavy atom. The van der Waals surface area contributed by atoms with Crippen molar-refractivity contribution in [2.75, 3.05) is 33.0 Å². The second-order valence-corrected chi connectivity index (χ2v) is 13.1. The van der Waals surface area contributed by atoms with E-state index in [2.05, 4.69) is 111 Å². The third kappa shape index (κ3) is 36.7. The topological polar surface area (TPSA) is 117 Å². The number of phosphoric ester groups is 1. The lowest BCUT2D eigenvalue weighted by atomic mass is 10.1. The summed E-state index contributed by atoms with van der Waals surface area (Å²) in [5, 5.41) is 0. The summed E-state index contributed by atoms with van der Waals surface area (Å²) in [6, 6.07) is 0. The van der Waals surface area contributed by atoms with Crippen molar-refractivity contribution in [2.45, 2.75) is 123 Å². The number of esters is 1. The third-order valence-electron chi connectivity index (χ3n) is 7.00. The fourth-order valence-corrected chi connectivity index (χ4v) is 5.09. The van der Waals surface area contributed by atoms with E-state index in [1.54, 1.807) is 0 Å². The number of carbonyl (C=O) groups excluding carboxylic acids is 1. The number of phosphoric acid groups is 1. The molecule has 0 aliphatic heterocycles. The molecule has 0 aromatic heterocycles. The summed E-state index contributed by atoms with van der Waals surface area (Å²) in [6.07, 6.45) is 48.6. The van der Waals surface area contributed by atoms with Gasteiger partial charge in [0.2, 0.25) is 0 Å². The lowest BCUT2D eigenvalue weighted by molar-refractivity contribution is -0.154. The van der Waals surface area contributed by atoms with Crippen LogP contribution in [0.1, 0.15) is 117 Å². The van der Waals surface area contributed by atoms with Crippen LogP contribution in [0.2, 0.25) is 0 Å². The van der Waals surface area contributed by atoms with Gasteiger partial charge in [0.1, 0.15) is 6.10 Å². The molecule has 0 radical (unpaired) electrons. The molecule has 9 heteroatoms. The Bertz CT molecular complexity index is 1070. The Hall–Kier alpha value is -2.58. The van der Waals surface area contributed by atoms with Gasteiger partial charge in [-0.25, -0.2) is 4.57 Å². The molecule has 2 atom stereocenters. The van der Waals surface area contributed by atoms with Crippen LogP contribution in [0.4, 0.5) is 0 Å². The number of ether oxygens (including phenoxy) is 2. The second kappa shape index (κ2) is 37.7. The van der Waals surface area contributed by atoms with Gasteiger partial charge in [-0.05, 0) is 89.9 Å². The summed E-state index contributed by atoms with van der Waals surface area (Å²) in [6.45, 7) is 4.49. The first-order valence-corrected chi connectivity index (χ1v) is 20.2. The molecule has 0 aromatic carbocycles. The molecule has 0 saturated heterocycles. The molecule has 2 unspecified atom stereocenters. The van der Waals surface area contributed by atoms with Gasteiger partial charge in [0, 0.05) is 19.6 Å². The Morgan fingerprint density at radius 2 is 1.06 bits per heavy atom. The number of unbranched alkanes of at least 4 members (excludes halogenated alkanes) is 5. The van der Waals surface area contributed by atoms with Crippen LogP contribution in [0.15, 0.2) is 97.2 Å². The van der Waals surface area contributed by atoms with Gasteiger partial charge in [-0.3, -0.25) is 13.8 Å². The lowest BCUT2D eigenvalue weighted by Gasteiger charge is -2.20. The minimum Gasteiger partial charge on any atom is -0.457 e. The molecular weight excluding hydrogens is 649 g/mol. The predicted molar refractivity (Wildman–Crippen MR) is 210 cm³/mol. The SMILES string of the molecule is CC/C=C\C/C=C\C/C=C\C/C=C\C/C=C\CCCCOCC(COP(=O)(O)OCCN)OC(=O)CCCCC/C=C\C/C=C\C/C=C\CC. The quantitative estimate of drug-likeness (QED) is 0.0292. The number of rotatable bonds is 34. The van der Waals surface area contributed by atoms with E-state index in [1.807, 2.05) is 0 Å². The third-order valence-corrected chi connectivity index (χ3v) is 7.98. The van der Waals surface area contributed by atoms with Gasteiger partial charge in [-0.2, -0.15) is 0 Å². The van der Waals surface area contributed by atoms with Gasteiger partial charge < -0.3 is 20.1 Å². The zero-order valence-corrected chi connectivity index (χ0v) is 32.0. The van der Waals surface area contributed by atoms with Crippen molar-refractivity contribution < 1.29 is 32.8 Å². The summed E-state index contributed by atoms with van der Waals surface area (Å²) >= 11 is 0. The molecule has 0 aromatic rings. The van der Waals surface area contributed by atoms with Gasteiger partial charge in [0.25, 0.3) is 0 Å². The molecule has 8 nitrogen and oxygen atoms in total. The first-order chi connectivity index (χ1) is 24.4. The van der Waals surface area contributed by atoms with E-state index in [0.717, 1.165) is 89.9 Å². The van der Waals surface area contributed by atoms with Crippen LogP contribution < -0.4 is 5.73 Å². The van der Waals surface area contributed by atoms with E-state index in [0.29, 0.717) is 13.0 Å². The van der Waals surface area contributed by atoms with Crippen LogP contribution in [-0.2, 0) is 27.9 Å². The standard InChI is InChI=1S/C41H68NO7P/c1-3-5-7-9-11-13-15-17-18-19-20-21-23-25-27-29-31-33-36-46-38-40(39-48-50(44,45)47-37-35-42)49-41(43)34-32-30-28-26-24-22-16-14-12-10-8-6-4-2/h5-8,11-14,17-18,20-22,24-25,27,40H,3-4,9-10,15-16,19,23,26,28-39,42H2,1-2H3,(H,44,45)/b7-5-,8-6-,13-11-,14-12-,18-17-,21-20-,24-22-,27-25-. The van der Waals surface area contributed by atoms with Gasteiger partial charge in [-0.1, -0.05) is 117 Å². The molecule has 0 saturated carbocycles. The molecule has 0 amide bonds. The summed E-state index contributed by atoms with van der Waals surface area (Å²) in [5.74, 6) is -0.381. The van der Waals surface area contributed by atoms with E-state index >= 15 is 0 Å². The van der Waals surface area contributed by atoms with Crippen LogP contribution in [0.5, 0.6) is 0 Å². The molecule has 0 bridgehead atoms. The first-order valence-electron chi connectivity index (χ1n) is 18.7. The molecule has 0 aliphatic carbocycles. The number of nitrogens with two attached hydrogens (primary N) is 1. The van der Waals surface area contributed by atoms with Crippen LogP contribution in [0, 0.1) is 0 Å². The average molecular weight is 718 g/mol. The van der Waals surface area contributed by atoms with Crippen molar-refractivity contribution in [1.82, 2.24) is 0 Å². The van der Waals surface area contributed by atoms with Gasteiger partial charge in [0.15, 0.2) is 0 Å². The molecule has 50 heavy (non-hydrogen) atoms. The molecule has 0 spiro atoms. The van der Waals surface area contributed by atoms with E-state index in [9.17, 15) is 14.3 Å². The average Bonchev–Trinajstić information content (AvgIpc) is 3.10. The summed E-state index contributed by atoms with van der Waals surface area (Å²) in [4.78, 5) is 22.4. The molecule has 3 N–H and O–H groups in total. The Kier molecular flexibility index (Phi) is 35.7. The van der Waals surface area contributed by atoms with E-state index in [4.69, 9.17) is 24.3 Å². The fourth-order valence-electron chi connectivity index (χ4n) is 4.33. The highest BCUT2D eigenvalue weighted by atomic mass is 31.2. The largest absolute Gasteiger partial charge is 0.472 e. The van der Waals surface area contributed by atoms with Crippen LogP contribution in [0.25, 0.3) is 0 Å². The fraction of sp³-hybridized carbons (Fsp3) is 0.585. The molecule has 0 rings (SSSR count). The van der Waals surface area contributed by atoms with E-state index < -0.39 is 13.9 Å². The summed E-state index contributed by atoms with van der Waals surface area (Å²) in [7, 11) is -4.30. The first kappa shape index (κ1) is 47.4.